The summed E-state index contributed by atoms with van der Waals surface area (Å²) in [4.78, 5) is 2.42. The Labute approximate surface area is 423 Å². The Morgan fingerprint density at radius 3 is 1.15 bits per heavy atom. The Kier molecular flexibility index (Phi) is 9.44. The van der Waals surface area contributed by atoms with E-state index in [0.717, 1.165) is 17.1 Å². The molecule has 0 fully saturated rings. The van der Waals surface area contributed by atoms with E-state index in [2.05, 4.69) is 292 Å². The minimum absolute atomic E-state index is 0.122. The van der Waals surface area contributed by atoms with Crippen molar-refractivity contribution in [1.82, 2.24) is 0 Å². The Bertz CT molecular complexity index is 3780. The number of anilines is 3. The molecule has 1 heteroatoms. The van der Waals surface area contributed by atoms with Gasteiger partial charge in [-0.1, -0.05) is 244 Å². The lowest BCUT2D eigenvalue weighted by Crippen LogP contribution is -2.44. The van der Waals surface area contributed by atoms with Gasteiger partial charge >= 0.3 is 0 Å². The number of rotatable bonds is 7. The predicted octanol–water partition coefficient (Wildman–Crippen LogP) is 17.9. The topological polar surface area (TPSA) is 3.24 Å². The average Bonchev–Trinajstić information content (AvgIpc) is 3.88. The first kappa shape index (κ1) is 42.1. The summed E-state index contributed by atoms with van der Waals surface area (Å²) >= 11 is 0. The summed E-state index contributed by atoms with van der Waals surface area (Å²) in [5.41, 5.74) is 25.3. The number of fused-ring (bicyclic) bond motifs is 12. The third-order valence-corrected chi connectivity index (χ3v) is 16.4. The third-order valence-electron chi connectivity index (χ3n) is 16.4. The molecule has 72 heavy (non-hydrogen) atoms. The first-order valence-corrected chi connectivity index (χ1v) is 25.3. The molecule has 0 heterocycles. The highest BCUT2D eigenvalue weighted by Crippen LogP contribution is 2.65. The molecular weight excluding hydrogens is 867 g/mol. The minimum Gasteiger partial charge on any atom is -0.310 e. The number of hydrogen-bond donors (Lipinski definition) is 0. The van der Waals surface area contributed by atoms with E-state index in [0.29, 0.717) is 0 Å². The first-order valence-electron chi connectivity index (χ1n) is 25.3. The molecular formula is C71H51N. The maximum Gasteiger partial charge on any atom is 0.0720 e. The molecule has 0 aromatic heterocycles. The Balaban J connectivity index is 0.929. The van der Waals surface area contributed by atoms with E-state index in [4.69, 9.17) is 0 Å². The zero-order chi connectivity index (χ0) is 48.0. The van der Waals surface area contributed by atoms with Crippen molar-refractivity contribution >= 4 is 17.1 Å². The second kappa shape index (κ2) is 16.1. The molecule has 14 rings (SSSR count). The van der Waals surface area contributed by atoms with Crippen molar-refractivity contribution in [2.75, 3.05) is 4.90 Å². The molecule has 1 nitrogen and oxygen atoms in total. The average molecular weight is 918 g/mol. The normalized spacial score (nSPS) is 14.6. The lowest BCUT2D eigenvalue weighted by atomic mass is 9.51. The van der Waals surface area contributed by atoms with Crippen LogP contribution in [0.25, 0.3) is 44.5 Å². The monoisotopic (exact) mass is 917 g/mol. The lowest BCUT2D eigenvalue weighted by molar-refractivity contribution is 0.624. The van der Waals surface area contributed by atoms with E-state index in [9.17, 15) is 0 Å². The van der Waals surface area contributed by atoms with Crippen LogP contribution < -0.4 is 4.90 Å². The second-order valence-corrected chi connectivity index (χ2v) is 20.3. The third kappa shape index (κ3) is 5.95. The highest BCUT2D eigenvalue weighted by molar-refractivity contribution is 5.92. The molecule has 1 spiro atoms. The molecule has 0 saturated heterocycles. The molecule has 11 aromatic rings. The van der Waals surface area contributed by atoms with Crippen molar-refractivity contribution in [2.24, 2.45) is 0 Å². The van der Waals surface area contributed by atoms with Crippen molar-refractivity contribution in [3.63, 3.8) is 0 Å². The summed E-state index contributed by atoms with van der Waals surface area (Å²) < 4.78 is 0. The van der Waals surface area contributed by atoms with Crippen molar-refractivity contribution in [3.05, 3.63) is 329 Å². The van der Waals surface area contributed by atoms with Gasteiger partial charge in [0.1, 0.15) is 0 Å². The van der Waals surface area contributed by atoms with Crippen LogP contribution in [0.1, 0.15) is 69.5 Å². The number of nitrogens with zero attached hydrogens (tertiary/aromatic N) is 1. The van der Waals surface area contributed by atoms with Gasteiger partial charge in [-0.15, -0.1) is 0 Å². The maximum absolute atomic E-state index is 2.51. The summed E-state index contributed by atoms with van der Waals surface area (Å²) in [7, 11) is 0. The van der Waals surface area contributed by atoms with Gasteiger partial charge in [-0.05, 0) is 143 Å². The molecule has 340 valence electrons. The Morgan fingerprint density at radius 2 is 0.597 bits per heavy atom. The molecule has 3 aliphatic rings. The van der Waals surface area contributed by atoms with Crippen LogP contribution in [-0.4, -0.2) is 0 Å². The van der Waals surface area contributed by atoms with Gasteiger partial charge in [0.2, 0.25) is 0 Å². The number of hydrogen-bond acceptors (Lipinski definition) is 1. The van der Waals surface area contributed by atoms with Crippen LogP contribution in [-0.2, 0) is 16.2 Å². The first-order chi connectivity index (χ1) is 35.5. The van der Waals surface area contributed by atoms with Gasteiger partial charge in [0, 0.05) is 22.5 Å². The van der Waals surface area contributed by atoms with Crippen LogP contribution in [0.3, 0.4) is 0 Å². The second-order valence-electron chi connectivity index (χ2n) is 20.3. The minimum atomic E-state index is -0.564. The molecule has 0 amide bonds. The quantitative estimate of drug-likeness (QED) is 0.154. The van der Waals surface area contributed by atoms with E-state index < -0.39 is 10.8 Å². The van der Waals surface area contributed by atoms with Crippen molar-refractivity contribution in [3.8, 4) is 44.5 Å². The van der Waals surface area contributed by atoms with E-state index in [1.807, 2.05) is 0 Å². The zero-order valence-corrected chi connectivity index (χ0v) is 40.4. The smallest absolute Gasteiger partial charge is 0.0720 e. The molecule has 0 atom stereocenters. The predicted molar refractivity (Wildman–Crippen MR) is 299 cm³/mol. The van der Waals surface area contributed by atoms with Crippen LogP contribution >= 0.6 is 0 Å². The van der Waals surface area contributed by atoms with Gasteiger partial charge in [-0.25, -0.2) is 0 Å². The van der Waals surface area contributed by atoms with Crippen molar-refractivity contribution in [1.29, 1.82) is 0 Å². The van der Waals surface area contributed by atoms with Gasteiger partial charge in [0.25, 0.3) is 0 Å². The summed E-state index contributed by atoms with van der Waals surface area (Å²) in [5, 5.41) is 0. The van der Waals surface area contributed by atoms with Gasteiger partial charge in [0.05, 0.1) is 10.8 Å². The largest absolute Gasteiger partial charge is 0.310 e. The maximum atomic E-state index is 2.51. The summed E-state index contributed by atoms with van der Waals surface area (Å²) in [6.07, 6.45) is 0. The van der Waals surface area contributed by atoms with Crippen LogP contribution in [0.4, 0.5) is 17.1 Å². The van der Waals surface area contributed by atoms with Crippen LogP contribution in [0.5, 0.6) is 0 Å². The van der Waals surface area contributed by atoms with Crippen LogP contribution in [0, 0.1) is 0 Å². The molecule has 3 aliphatic carbocycles. The van der Waals surface area contributed by atoms with Gasteiger partial charge in [-0.3, -0.25) is 0 Å². The van der Waals surface area contributed by atoms with E-state index in [1.54, 1.807) is 0 Å². The fraction of sp³-hybridized carbons (Fsp3) is 0.0704. The molecule has 11 aromatic carbocycles. The lowest BCUT2D eigenvalue weighted by Gasteiger charge is -2.50. The fourth-order valence-corrected chi connectivity index (χ4v) is 13.3. The highest BCUT2D eigenvalue weighted by atomic mass is 15.1. The summed E-state index contributed by atoms with van der Waals surface area (Å²) in [5.74, 6) is 0. The van der Waals surface area contributed by atoms with Crippen molar-refractivity contribution in [2.45, 2.75) is 30.1 Å². The van der Waals surface area contributed by atoms with E-state index >= 15 is 0 Å². The number of benzene rings is 11. The fourth-order valence-electron chi connectivity index (χ4n) is 13.3. The molecule has 0 saturated carbocycles. The van der Waals surface area contributed by atoms with Gasteiger partial charge < -0.3 is 4.90 Å². The molecule has 0 radical (unpaired) electrons. The van der Waals surface area contributed by atoms with Gasteiger partial charge in [0.15, 0.2) is 0 Å². The molecule has 0 bridgehead atoms. The van der Waals surface area contributed by atoms with Gasteiger partial charge in [-0.2, -0.15) is 0 Å². The Morgan fingerprint density at radius 1 is 0.236 bits per heavy atom. The standard InChI is InChI=1S/C71H51N/c1-69(2)61-28-14-12-26-57(61)59-45-43-56(47-67(59)69)72(54-39-34-49(35-40-54)48-20-6-3-7-21-48)55-41-36-50(37-42-55)51-38-44-60-58-27-13-15-29-62(58)71(68(60)46-51)65-32-18-16-30-63(65)70(52-22-8-4-9-23-52,53-24-10-5-11-25-53)64-31-17-19-33-66(64)71/h3-47H,1-2H3. The van der Waals surface area contributed by atoms with Crippen LogP contribution in [0.2, 0.25) is 0 Å². The summed E-state index contributed by atoms with van der Waals surface area (Å²) in [6.45, 7) is 4.73. The van der Waals surface area contributed by atoms with E-state index in [-0.39, 0.29) is 5.41 Å². The summed E-state index contributed by atoms with van der Waals surface area (Å²) in [6, 6.07) is 102. The Hall–Kier alpha value is -8.78. The molecule has 0 unspecified atom stereocenters. The SMILES string of the molecule is CC1(C)c2ccccc2-c2ccc(N(c3ccc(-c4ccccc4)cc3)c3ccc(-c4ccc5c(c4)C4(c6ccccc6-5)c5ccccc5C(c5ccccc5)(c5ccccc5)c5ccccc54)cc3)cc21. The highest BCUT2D eigenvalue weighted by Gasteiger charge is 2.56. The molecule has 0 N–H and O–H groups in total. The van der Waals surface area contributed by atoms with Crippen LogP contribution in [0.15, 0.2) is 273 Å². The van der Waals surface area contributed by atoms with Crippen molar-refractivity contribution < 1.29 is 0 Å². The molecule has 0 aliphatic heterocycles. The van der Waals surface area contributed by atoms with E-state index in [1.165, 1.54) is 100 Å². The zero-order valence-electron chi connectivity index (χ0n) is 40.4.